The summed E-state index contributed by atoms with van der Waals surface area (Å²) in [5, 5.41) is 17.6. The third kappa shape index (κ3) is 2.57. The van der Waals surface area contributed by atoms with E-state index in [1.807, 2.05) is 44.6 Å². The molecule has 2 N–H and O–H groups in total. The number of phenolic OH excluding ortho intramolecular Hbond substituents is 1. The van der Waals surface area contributed by atoms with Crippen LogP contribution >= 0.6 is 0 Å². The van der Waals surface area contributed by atoms with E-state index in [-0.39, 0.29) is 0 Å². The van der Waals surface area contributed by atoms with Crippen molar-refractivity contribution in [2.45, 2.75) is 34.2 Å². The summed E-state index contributed by atoms with van der Waals surface area (Å²) >= 11 is 0. The first-order valence-electron chi connectivity index (χ1n) is 6.43. The second kappa shape index (κ2) is 4.96. The summed E-state index contributed by atoms with van der Waals surface area (Å²) in [6, 6.07) is 4.02. The molecule has 0 bridgehead atoms. The predicted molar refractivity (Wildman–Crippen MR) is 77.6 cm³/mol. The van der Waals surface area contributed by atoms with Gasteiger partial charge in [0.2, 0.25) is 0 Å². The molecule has 19 heavy (non-hydrogen) atoms. The van der Waals surface area contributed by atoms with Crippen LogP contribution in [-0.4, -0.2) is 14.9 Å². The third-order valence-electron chi connectivity index (χ3n) is 3.53. The number of phenols is 1. The largest absolute Gasteiger partial charge is 0.507 e. The zero-order valence-corrected chi connectivity index (χ0v) is 12.2. The van der Waals surface area contributed by atoms with Gasteiger partial charge in [0.15, 0.2) is 0 Å². The summed E-state index contributed by atoms with van der Waals surface area (Å²) in [6.07, 6.45) is 0. The summed E-state index contributed by atoms with van der Waals surface area (Å²) in [6.45, 7) is 8.63. The fourth-order valence-electron chi connectivity index (χ4n) is 2.37. The van der Waals surface area contributed by atoms with Crippen LogP contribution in [0.15, 0.2) is 12.1 Å². The highest BCUT2D eigenvalue weighted by molar-refractivity contribution is 5.53. The van der Waals surface area contributed by atoms with Crippen molar-refractivity contribution in [1.82, 2.24) is 9.78 Å². The maximum absolute atomic E-state index is 9.77. The van der Waals surface area contributed by atoms with Gasteiger partial charge in [0.05, 0.1) is 17.1 Å². The topological polar surface area (TPSA) is 50.1 Å². The molecule has 0 radical (unpaired) electrons. The molecule has 4 nitrogen and oxygen atoms in total. The highest BCUT2D eigenvalue weighted by Crippen LogP contribution is 2.24. The van der Waals surface area contributed by atoms with Gasteiger partial charge in [-0.25, -0.2) is 0 Å². The van der Waals surface area contributed by atoms with Crippen molar-refractivity contribution in [2.75, 3.05) is 5.32 Å². The number of hydrogen-bond donors (Lipinski definition) is 2. The van der Waals surface area contributed by atoms with Crippen LogP contribution in [0.1, 0.15) is 28.1 Å². The van der Waals surface area contributed by atoms with E-state index in [0.29, 0.717) is 5.75 Å². The van der Waals surface area contributed by atoms with E-state index in [9.17, 15) is 5.11 Å². The molecule has 0 spiro atoms. The van der Waals surface area contributed by atoms with Crippen LogP contribution in [0.25, 0.3) is 0 Å². The lowest BCUT2D eigenvalue weighted by Gasteiger charge is -2.10. The lowest BCUT2D eigenvalue weighted by atomic mass is 10.1. The van der Waals surface area contributed by atoms with Gasteiger partial charge in [0.25, 0.3) is 0 Å². The van der Waals surface area contributed by atoms with Gasteiger partial charge in [0.1, 0.15) is 5.75 Å². The van der Waals surface area contributed by atoms with Gasteiger partial charge >= 0.3 is 0 Å². The molecule has 0 amide bonds. The summed E-state index contributed by atoms with van der Waals surface area (Å²) in [5.74, 6) is 0.387. The molecule has 0 aliphatic heterocycles. The third-order valence-corrected chi connectivity index (χ3v) is 3.53. The van der Waals surface area contributed by atoms with Gasteiger partial charge in [-0.1, -0.05) is 12.1 Å². The van der Waals surface area contributed by atoms with Crippen LogP contribution in [0, 0.1) is 27.7 Å². The smallest absolute Gasteiger partial charge is 0.121 e. The minimum atomic E-state index is 0.387. The monoisotopic (exact) mass is 259 g/mol. The Bertz CT molecular complexity index is 591. The Kier molecular flexibility index (Phi) is 3.51. The highest BCUT2D eigenvalue weighted by Gasteiger charge is 2.09. The molecule has 0 saturated heterocycles. The second-order valence-corrected chi connectivity index (χ2v) is 5.10. The van der Waals surface area contributed by atoms with Crippen molar-refractivity contribution >= 4 is 5.69 Å². The Balaban J connectivity index is 2.19. The molecule has 0 unspecified atom stereocenters. The fourth-order valence-corrected chi connectivity index (χ4v) is 2.37. The van der Waals surface area contributed by atoms with Crippen LogP contribution in [0.4, 0.5) is 5.69 Å². The molecular formula is C15H21N3O. The molecule has 2 rings (SSSR count). The van der Waals surface area contributed by atoms with Crippen LogP contribution < -0.4 is 5.32 Å². The first-order chi connectivity index (χ1) is 8.90. The van der Waals surface area contributed by atoms with Crippen molar-refractivity contribution in [3.8, 4) is 5.75 Å². The number of aryl methyl sites for hydroxylation is 4. The summed E-state index contributed by atoms with van der Waals surface area (Å²) in [7, 11) is 1.95. The van der Waals surface area contributed by atoms with Gasteiger partial charge in [0, 0.05) is 13.6 Å². The molecule has 1 aromatic carbocycles. The lowest BCUT2D eigenvalue weighted by molar-refractivity contribution is 0.466. The number of rotatable bonds is 3. The van der Waals surface area contributed by atoms with E-state index < -0.39 is 0 Å². The zero-order chi connectivity index (χ0) is 14.2. The van der Waals surface area contributed by atoms with Gasteiger partial charge in [-0.3, -0.25) is 4.68 Å². The molecular weight excluding hydrogens is 238 g/mol. The van der Waals surface area contributed by atoms with E-state index in [4.69, 9.17) is 0 Å². The predicted octanol–water partition coefficient (Wildman–Crippen LogP) is 2.97. The minimum Gasteiger partial charge on any atom is -0.507 e. The minimum absolute atomic E-state index is 0.387. The molecule has 0 aliphatic carbocycles. The molecule has 4 heteroatoms. The number of aromatic nitrogens is 2. The maximum atomic E-state index is 9.77. The highest BCUT2D eigenvalue weighted by atomic mass is 16.3. The van der Waals surface area contributed by atoms with Crippen LogP contribution in [0.5, 0.6) is 5.75 Å². The Morgan fingerprint density at radius 2 is 1.74 bits per heavy atom. The van der Waals surface area contributed by atoms with E-state index in [0.717, 1.165) is 40.3 Å². The number of aromatic hydroxyl groups is 1. The average Bonchev–Trinajstić information content (AvgIpc) is 2.58. The van der Waals surface area contributed by atoms with Crippen LogP contribution in [-0.2, 0) is 13.6 Å². The molecule has 102 valence electrons. The summed E-state index contributed by atoms with van der Waals surface area (Å²) < 4.78 is 1.88. The van der Waals surface area contributed by atoms with Crippen LogP contribution in [0.2, 0.25) is 0 Å². The van der Waals surface area contributed by atoms with Crippen molar-refractivity contribution in [3.05, 3.63) is 40.2 Å². The Morgan fingerprint density at radius 1 is 1.16 bits per heavy atom. The number of benzene rings is 1. The molecule has 0 saturated carbocycles. The van der Waals surface area contributed by atoms with Gasteiger partial charge in [-0.05, 0) is 44.4 Å². The first kappa shape index (κ1) is 13.5. The molecule has 1 aromatic heterocycles. The molecule has 0 fully saturated rings. The number of nitrogens with zero attached hydrogens (tertiary/aromatic N) is 2. The first-order valence-corrected chi connectivity index (χ1v) is 6.43. The Hall–Kier alpha value is -1.97. The lowest BCUT2D eigenvalue weighted by Crippen LogP contribution is -2.02. The van der Waals surface area contributed by atoms with Crippen molar-refractivity contribution in [2.24, 2.45) is 7.05 Å². The van der Waals surface area contributed by atoms with E-state index in [2.05, 4.69) is 17.3 Å². The van der Waals surface area contributed by atoms with E-state index in [1.165, 1.54) is 0 Å². The van der Waals surface area contributed by atoms with Crippen molar-refractivity contribution in [1.29, 1.82) is 0 Å². The van der Waals surface area contributed by atoms with Crippen molar-refractivity contribution in [3.63, 3.8) is 0 Å². The van der Waals surface area contributed by atoms with Gasteiger partial charge in [-0.15, -0.1) is 0 Å². The molecule has 1 heterocycles. The van der Waals surface area contributed by atoms with Crippen LogP contribution in [0.3, 0.4) is 0 Å². The van der Waals surface area contributed by atoms with Crippen molar-refractivity contribution < 1.29 is 5.11 Å². The zero-order valence-electron chi connectivity index (χ0n) is 12.2. The molecule has 0 aliphatic rings. The maximum Gasteiger partial charge on any atom is 0.121 e. The summed E-state index contributed by atoms with van der Waals surface area (Å²) in [4.78, 5) is 0. The average molecular weight is 259 g/mol. The molecule has 0 atom stereocenters. The summed E-state index contributed by atoms with van der Waals surface area (Å²) in [5.41, 5.74) is 6.21. The number of anilines is 1. The van der Waals surface area contributed by atoms with E-state index >= 15 is 0 Å². The van der Waals surface area contributed by atoms with E-state index in [1.54, 1.807) is 0 Å². The Morgan fingerprint density at radius 3 is 2.21 bits per heavy atom. The normalized spacial score (nSPS) is 10.8. The second-order valence-electron chi connectivity index (χ2n) is 5.10. The standard InChI is InChI=1S/C15H21N3O/c1-9-6-13(7-10(2)15(9)19)8-16-14-11(3)17-18(5)12(14)4/h6-7,16,19H,8H2,1-5H3. The Labute approximate surface area is 114 Å². The van der Waals surface area contributed by atoms with Gasteiger partial charge < -0.3 is 10.4 Å². The number of nitrogens with one attached hydrogen (secondary N) is 1. The fraction of sp³-hybridized carbons (Fsp3) is 0.400. The SMILES string of the molecule is Cc1cc(CNc2c(C)nn(C)c2C)cc(C)c1O. The number of hydrogen-bond acceptors (Lipinski definition) is 3. The quantitative estimate of drug-likeness (QED) is 0.891. The molecule has 2 aromatic rings. The van der Waals surface area contributed by atoms with Gasteiger partial charge in [-0.2, -0.15) is 5.10 Å².